The molecule has 0 radical (unpaired) electrons. The van der Waals surface area contributed by atoms with Crippen molar-refractivity contribution in [3.63, 3.8) is 0 Å². The molecule has 2 aromatic rings. The van der Waals surface area contributed by atoms with Crippen LogP contribution < -0.4 is 9.47 Å². The fourth-order valence-electron chi connectivity index (χ4n) is 1.96. The minimum atomic E-state index is 0.245. The molecule has 94 valence electrons. The van der Waals surface area contributed by atoms with Gasteiger partial charge in [-0.05, 0) is 48.4 Å². The second-order valence-electron chi connectivity index (χ2n) is 4.12. The topological polar surface area (TPSA) is 38.7 Å². The number of hydrogen-bond donors (Lipinski definition) is 1. The van der Waals surface area contributed by atoms with Crippen LogP contribution in [0, 0.1) is 6.92 Å². The van der Waals surface area contributed by atoms with Crippen molar-refractivity contribution >= 4 is 0 Å². The van der Waals surface area contributed by atoms with Crippen molar-refractivity contribution in [2.75, 3.05) is 14.2 Å². The largest absolute Gasteiger partial charge is 0.508 e. The van der Waals surface area contributed by atoms with Crippen molar-refractivity contribution in [3.05, 3.63) is 42.0 Å². The van der Waals surface area contributed by atoms with Crippen LogP contribution in [-0.2, 0) is 0 Å². The van der Waals surface area contributed by atoms with Crippen LogP contribution >= 0.6 is 0 Å². The fourth-order valence-corrected chi connectivity index (χ4v) is 1.96. The van der Waals surface area contributed by atoms with Crippen molar-refractivity contribution < 1.29 is 14.6 Å². The third kappa shape index (κ3) is 2.40. The van der Waals surface area contributed by atoms with Gasteiger partial charge in [0.1, 0.15) is 17.2 Å². The third-order valence-corrected chi connectivity index (χ3v) is 2.78. The van der Waals surface area contributed by atoms with Gasteiger partial charge in [0.25, 0.3) is 0 Å². The average molecular weight is 244 g/mol. The van der Waals surface area contributed by atoms with Gasteiger partial charge in [-0.3, -0.25) is 0 Å². The van der Waals surface area contributed by atoms with Gasteiger partial charge in [-0.15, -0.1) is 0 Å². The zero-order valence-electron chi connectivity index (χ0n) is 10.7. The summed E-state index contributed by atoms with van der Waals surface area (Å²) in [6.45, 7) is 1.94. The quantitative estimate of drug-likeness (QED) is 0.899. The highest BCUT2D eigenvalue weighted by atomic mass is 16.5. The number of methoxy groups -OCH3 is 2. The van der Waals surface area contributed by atoms with Gasteiger partial charge in [-0.2, -0.15) is 0 Å². The second-order valence-corrected chi connectivity index (χ2v) is 4.12. The van der Waals surface area contributed by atoms with Crippen molar-refractivity contribution in [2.45, 2.75) is 6.92 Å². The van der Waals surface area contributed by atoms with Crippen molar-refractivity contribution in [1.82, 2.24) is 0 Å². The zero-order chi connectivity index (χ0) is 13.1. The van der Waals surface area contributed by atoms with E-state index in [0.29, 0.717) is 0 Å². The maximum Gasteiger partial charge on any atom is 0.126 e. The number of aromatic hydroxyl groups is 1. The maximum atomic E-state index is 9.67. The van der Waals surface area contributed by atoms with Crippen LogP contribution in [0.1, 0.15) is 5.56 Å². The highest BCUT2D eigenvalue weighted by Crippen LogP contribution is 2.35. The number of rotatable bonds is 3. The molecule has 2 rings (SSSR count). The molecular formula is C15H16O3. The number of phenols is 1. The normalized spacial score (nSPS) is 10.2. The van der Waals surface area contributed by atoms with Gasteiger partial charge in [-0.1, -0.05) is 6.07 Å². The van der Waals surface area contributed by atoms with E-state index in [2.05, 4.69) is 0 Å². The molecule has 0 aliphatic heterocycles. The number of aryl methyl sites for hydroxylation is 1. The Bertz CT molecular complexity index is 541. The molecule has 0 fully saturated rings. The minimum absolute atomic E-state index is 0.245. The molecule has 0 aliphatic carbocycles. The maximum absolute atomic E-state index is 9.67. The summed E-state index contributed by atoms with van der Waals surface area (Å²) >= 11 is 0. The lowest BCUT2D eigenvalue weighted by molar-refractivity contribution is 0.404. The molecule has 0 spiro atoms. The first-order valence-electron chi connectivity index (χ1n) is 5.67. The molecule has 0 amide bonds. The van der Waals surface area contributed by atoms with Crippen LogP contribution in [0.2, 0.25) is 0 Å². The highest BCUT2D eigenvalue weighted by molar-refractivity contribution is 5.73. The Morgan fingerprint density at radius 1 is 0.944 bits per heavy atom. The van der Waals surface area contributed by atoms with Crippen LogP contribution in [-0.4, -0.2) is 19.3 Å². The summed E-state index contributed by atoms with van der Waals surface area (Å²) in [5, 5.41) is 9.67. The first kappa shape index (κ1) is 12.3. The van der Waals surface area contributed by atoms with Gasteiger partial charge in [0.05, 0.1) is 14.2 Å². The predicted octanol–water partition coefficient (Wildman–Crippen LogP) is 3.38. The molecule has 0 aliphatic rings. The van der Waals surface area contributed by atoms with Gasteiger partial charge in [0.2, 0.25) is 0 Å². The van der Waals surface area contributed by atoms with Crippen LogP contribution in [0.5, 0.6) is 17.2 Å². The molecule has 3 heteroatoms. The monoisotopic (exact) mass is 244 g/mol. The molecule has 18 heavy (non-hydrogen) atoms. The molecule has 2 aromatic carbocycles. The molecule has 0 saturated heterocycles. The van der Waals surface area contributed by atoms with E-state index in [0.717, 1.165) is 28.2 Å². The molecule has 0 unspecified atom stereocenters. The van der Waals surface area contributed by atoms with Crippen molar-refractivity contribution in [1.29, 1.82) is 0 Å². The smallest absolute Gasteiger partial charge is 0.126 e. The summed E-state index contributed by atoms with van der Waals surface area (Å²) in [7, 11) is 3.25. The third-order valence-electron chi connectivity index (χ3n) is 2.78. The number of phenolic OH excluding ortho intramolecular Hbond substituents is 1. The Morgan fingerprint density at radius 3 is 2.33 bits per heavy atom. The van der Waals surface area contributed by atoms with Gasteiger partial charge in [0, 0.05) is 5.56 Å². The van der Waals surface area contributed by atoms with Crippen LogP contribution in [0.25, 0.3) is 11.1 Å². The standard InChI is InChI=1S/C15H16O3/c1-10-6-11(8-12(16)7-10)14-9-13(17-2)4-5-15(14)18-3/h4-9,16H,1-3H3. The average Bonchev–Trinajstić information content (AvgIpc) is 2.36. The Hall–Kier alpha value is -2.16. The minimum Gasteiger partial charge on any atom is -0.508 e. The van der Waals surface area contributed by atoms with Crippen LogP contribution in [0.3, 0.4) is 0 Å². The number of benzene rings is 2. The van der Waals surface area contributed by atoms with Crippen molar-refractivity contribution in [3.8, 4) is 28.4 Å². The summed E-state index contributed by atoms with van der Waals surface area (Å²) in [6.07, 6.45) is 0. The first-order valence-corrected chi connectivity index (χ1v) is 5.67. The van der Waals surface area contributed by atoms with Gasteiger partial charge < -0.3 is 14.6 Å². The van der Waals surface area contributed by atoms with E-state index >= 15 is 0 Å². The summed E-state index contributed by atoms with van der Waals surface area (Å²) in [5.41, 5.74) is 2.80. The molecule has 1 N–H and O–H groups in total. The summed E-state index contributed by atoms with van der Waals surface area (Å²) in [5.74, 6) is 1.75. The Morgan fingerprint density at radius 2 is 1.72 bits per heavy atom. The van der Waals surface area contributed by atoms with Crippen molar-refractivity contribution in [2.24, 2.45) is 0 Å². The van der Waals surface area contributed by atoms with E-state index in [1.54, 1.807) is 26.4 Å². The summed E-state index contributed by atoms with van der Waals surface area (Å²) in [6, 6.07) is 11.0. The zero-order valence-corrected chi connectivity index (χ0v) is 10.7. The summed E-state index contributed by atoms with van der Waals surface area (Å²) < 4.78 is 10.6. The van der Waals surface area contributed by atoms with Gasteiger partial charge in [0.15, 0.2) is 0 Å². The fraction of sp³-hybridized carbons (Fsp3) is 0.200. The first-order chi connectivity index (χ1) is 8.63. The molecule has 0 saturated carbocycles. The van der Waals surface area contributed by atoms with Gasteiger partial charge in [-0.25, -0.2) is 0 Å². The van der Waals surface area contributed by atoms with Crippen LogP contribution in [0.15, 0.2) is 36.4 Å². The Labute approximate surface area is 107 Å². The molecule has 0 aromatic heterocycles. The van der Waals surface area contributed by atoms with E-state index < -0.39 is 0 Å². The molecular weight excluding hydrogens is 228 g/mol. The molecule has 0 heterocycles. The van der Waals surface area contributed by atoms with E-state index in [9.17, 15) is 5.11 Å². The number of hydrogen-bond acceptors (Lipinski definition) is 3. The van der Waals surface area contributed by atoms with Gasteiger partial charge >= 0.3 is 0 Å². The highest BCUT2D eigenvalue weighted by Gasteiger charge is 2.09. The Kier molecular flexibility index (Phi) is 3.42. The van der Waals surface area contributed by atoms with Crippen LogP contribution in [0.4, 0.5) is 0 Å². The van der Waals surface area contributed by atoms with E-state index in [1.807, 2.05) is 31.2 Å². The van der Waals surface area contributed by atoms with E-state index in [1.165, 1.54) is 0 Å². The lowest BCUT2D eigenvalue weighted by atomic mass is 10.0. The predicted molar refractivity (Wildman–Crippen MR) is 71.4 cm³/mol. The van der Waals surface area contributed by atoms with E-state index in [4.69, 9.17) is 9.47 Å². The SMILES string of the molecule is COc1ccc(OC)c(-c2cc(C)cc(O)c2)c1. The lowest BCUT2D eigenvalue weighted by Gasteiger charge is -2.11. The molecule has 0 atom stereocenters. The lowest BCUT2D eigenvalue weighted by Crippen LogP contribution is -1.90. The number of ether oxygens (including phenoxy) is 2. The Balaban J connectivity index is 2.60. The molecule has 3 nitrogen and oxygen atoms in total. The summed E-state index contributed by atoms with van der Waals surface area (Å²) in [4.78, 5) is 0. The second kappa shape index (κ2) is 5.00. The molecule has 0 bridgehead atoms. The van der Waals surface area contributed by atoms with E-state index in [-0.39, 0.29) is 5.75 Å².